The first-order chi connectivity index (χ1) is 9.65. The number of amides is 1. The minimum absolute atomic E-state index is 0.288. The van der Waals surface area contributed by atoms with Crippen LogP contribution in [-0.2, 0) is 13.0 Å². The minimum atomic E-state index is -0.766. The molecule has 0 unspecified atom stereocenters. The fraction of sp³-hybridized carbons (Fsp3) is 0.231. The Kier molecular flexibility index (Phi) is 2.94. The van der Waals surface area contributed by atoms with E-state index < -0.39 is 17.2 Å². The molecular weight excluding hydrogens is 260 g/mol. The largest absolute Gasteiger partial charge is 0.342 e. The standard InChI is InChI=1S/C13H12N4O3/c18-11-10(15-16-13(20)14-11)12(19)17-6-5-8-3-1-2-4-9(8)7-17/h1-4H,5-7H2,(H2,14,16,18,20). The number of H-pyrrole nitrogens is 2. The minimum Gasteiger partial charge on any atom is -0.332 e. The number of nitrogens with zero attached hydrogens (tertiary/aromatic N) is 2. The lowest BCUT2D eigenvalue weighted by Gasteiger charge is -2.28. The molecule has 7 heteroatoms. The molecule has 0 atom stereocenters. The number of aromatic amines is 2. The zero-order chi connectivity index (χ0) is 14.1. The molecule has 2 N–H and O–H groups in total. The Morgan fingerprint density at radius 2 is 1.95 bits per heavy atom. The molecule has 3 rings (SSSR count). The van der Waals surface area contributed by atoms with Gasteiger partial charge in [-0.2, -0.15) is 5.10 Å². The van der Waals surface area contributed by atoms with Gasteiger partial charge in [0, 0.05) is 13.1 Å². The van der Waals surface area contributed by atoms with Gasteiger partial charge in [0.05, 0.1) is 0 Å². The molecule has 0 spiro atoms. The maximum absolute atomic E-state index is 12.3. The van der Waals surface area contributed by atoms with Crippen molar-refractivity contribution in [3.8, 4) is 0 Å². The van der Waals surface area contributed by atoms with Crippen molar-refractivity contribution in [1.29, 1.82) is 0 Å². The van der Waals surface area contributed by atoms with Gasteiger partial charge in [0.25, 0.3) is 11.5 Å². The van der Waals surface area contributed by atoms with Crippen molar-refractivity contribution in [2.75, 3.05) is 6.54 Å². The average molecular weight is 272 g/mol. The monoisotopic (exact) mass is 272 g/mol. The van der Waals surface area contributed by atoms with Crippen molar-refractivity contribution in [3.05, 3.63) is 61.9 Å². The van der Waals surface area contributed by atoms with E-state index >= 15 is 0 Å². The van der Waals surface area contributed by atoms with E-state index in [1.807, 2.05) is 29.2 Å². The number of aromatic nitrogens is 3. The van der Waals surface area contributed by atoms with E-state index in [-0.39, 0.29) is 5.69 Å². The molecule has 2 heterocycles. The normalized spacial score (nSPS) is 13.9. The summed E-state index contributed by atoms with van der Waals surface area (Å²) in [6.07, 6.45) is 0.739. The third kappa shape index (κ3) is 2.13. The zero-order valence-corrected chi connectivity index (χ0v) is 10.5. The molecule has 2 aromatic rings. The van der Waals surface area contributed by atoms with E-state index in [0.717, 1.165) is 12.0 Å². The Hall–Kier alpha value is -2.70. The van der Waals surface area contributed by atoms with Crippen molar-refractivity contribution < 1.29 is 4.79 Å². The van der Waals surface area contributed by atoms with Crippen LogP contribution in [0.25, 0.3) is 0 Å². The Labute approximate surface area is 113 Å². The first kappa shape index (κ1) is 12.3. The molecule has 0 fully saturated rings. The number of carbonyl (C=O) groups is 1. The number of rotatable bonds is 1. The van der Waals surface area contributed by atoms with Gasteiger partial charge in [-0.3, -0.25) is 14.6 Å². The number of nitrogens with one attached hydrogen (secondary N) is 2. The van der Waals surface area contributed by atoms with Gasteiger partial charge in [0.2, 0.25) is 5.69 Å². The van der Waals surface area contributed by atoms with Gasteiger partial charge in [-0.15, -0.1) is 0 Å². The highest BCUT2D eigenvalue weighted by Crippen LogP contribution is 2.19. The molecule has 0 aliphatic carbocycles. The highest BCUT2D eigenvalue weighted by molar-refractivity contribution is 5.91. The first-order valence-electron chi connectivity index (χ1n) is 6.20. The molecule has 7 nitrogen and oxygen atoms in total. The SMILES string of the molecule is O=C(c1n[nH]c(=O)[nH]c1=O)N1CCc2ccccc2C1. The van der Waals surface area contributed by atoms with Crippen LogP contribution in [0.5, 0.6) is 0 Å². The van der Waals surface area contributed by atoms with Crippen molar-refractivity contribution in [2.45, 2.75) is 13.0 Å². The summed E-state index contributed by atoms with van der Waals surface area (Å²) in [6.45, 7) is 0.964. The second-order valence-electron chi connectivity index (χ2n) is 4.60. The first-order valence-corrected chi connectivity index (χ1v) is 6.20. The van der Waals surface area contributed by atoms with E-state index in [1.54, 1.807) is 4.90 Å². The Morgan fingerprint density at radius 3 is 2.70 bits per heavy atom. The second kappa shape index (κ2) is 4.76. The summed E-state index contributed by atoms with van der Waals surface area (Å²) in [6, 6.07) is 7.86. The number of hydrogen-bond donors (Lipinski definition) is 2. The van der Waals surface area contributed by atoms with E-state index in [0.29, 0.717) is 13.1 Å². The summed E-state index contributed by atoms with van der Waals surface area (Å²) in [5, 5.41) is 5.61. The summed E-state index contributed by atoms with van der Waals surface area (Å²) in [7, 11) is 0. The number of carbonyl (C=O) groups excluding carboxylic acids is 1. The number of fused-ring (bicyclic) bond motifs is 1. The molecule has 0 saturated carbocycles. The van der Waals surface area contributed by atoms with Crippen molar-refractivity contribution in [1.82, 2.24) is 20.1 Å². The Balaban J connectivity index is 1.89. The summed E-state index contributed by atoms with van der Waals surface area (Å²) in [5.41, 5.74) is 0.491. The van der Waals surface area contributed by atoms with Crippen molar-refractivity contribution >= 4 is 5.91 Å². The molecule has 0 saturated heterocycles. The van der Waals surface area contributed by atoms with Gasteiger partial charge in [0.15, 0.2) is 0 Å². The molecular formula is C13H12N4O3. The van der Waals surface area contributed by atoms with Crippen molar-refractivity contribution in [3.63, 3.8) is 0 Å². The molecule has 1 aliphatic rings. The predicted molar refractivity (Wildman–Crippen MR) is 70.4 cm³/mol. The van der Waals surface area contributed by atoms with Gasteiger partial charge in [-0.25, -0.2) is 9.89 Å². The highest BCUT2D eigenvalue weighted by atomic mass is 16.2. The Morgan fingerprint density at radius 1 is 1.20 bits per heavy atom. The summed E-state index contributed by atoms with van der Waals surface area (Å²) in [5.74, 6) is -0.475. The van der Waals surface area contributed by atoms with E-state index in [9.17, 15) is 14.4 Å². The third-order valence-electron chi connectivity index (χ3n) is 3.33. The quantitative estimate of drug-likeness (QED) is 0.741. The van der Waals surface area contributed by atoms with Crippen LogP contribution < -0.4 is 11.2 Å². The van der Waals surface area contributed by atoms with Crippen LogP contribution in [0.15, 0.2) is 33.9 Å². The third-order valence-corrected chi connectivity index (χ3v) is 3.33. The van der Waals surface area contributed by atoms with E-state index in [4.69, 9.17) is 0 Å². The Bertz CT molecular complexity index is 777. The topological polar surface area (TPSA) is 98.9 Å². The summed E-state index contributed by atoms with van der Waals surface area (Å²) in [4.78, 5) is 38.3. The van der Waals surface area contributed by atoms with E-state index in [2.05, 4.69) is 10.2 Å². The molecule has 1 amide bonds. The fourth-order valence-electron chi connectivity index (χ4n) is 2.31. The van der Waals surface area contributed by atoms with Gasteiger partial charge in [-0.05, 0) is 17.5 Å². The lowest BCUT2D eigenvalue weighted by atomic mass is 10.00. The molecule has 102 valence electrons. The fourth-order valence-corrected chi connectivity index (χ4v) is 2.31. The summed E-state index contributed by atoms with van der Waals surface area (Å²) < 4.78 is 0. The van der Waals surface area contributed by atoms with Crippen molar-refractivity contribution in [2.24, 2.45) is 0 Å². The maximum atomic E-state index is 12.3. The lowest BCUT2D eigenvalue weighted by Crippen LogP contribution is -2.41. The number of hydrogen-bond acceptors (Lipinski definition) is 4. The molecule has 0 radical (unpaired) electrons. The van der Waals surface area contributed by atoms with Crippen LogP contribution in [0.1, 0.15) is 21.6 Å². The van der Waals surface area contributed by atoms with E-state index in [1.165, 1.54) is 5.56 Å². The van der Waals surface area contributed by atoms with Crippen LogP contribution >= 0.6 is 0 Å². The van der Waals surface area contributed by atoms with Gasteiger partial charge < -0.3 is 4.90 Å². The molecule has 0 bridgehead atoms. The molecule has 1 aromatic heterocycles. The number of benzene rings is 1. The zero-order valence-electron chi connectivity index (χ0n) is 10.5. The van der Waals surface area contributed by atoms with Crippen LogP contribution in [-0.4, -0.2) is 32.5 Å². The van der Waals surface area contributed by atoms with Gasteiger partial charge in [0.1, 0.15) is 0 Å². The smallest absolute Gasteiger partial charge is 0.332 e. The van der Waals surface area contributed by atoms with Gasteiger partial charge >= 0.3 is 5.69 Å². The van der Waals surface area contributed by atoms with Crippen LogP contribution in [0, 0.1) is 0 Å². The summed E-state index contributed by atoms with van der Waals surface area (Å²) >= 11 is 0. The second-order valence-corrected chi connectivity index (χ2v) is 4.60. The van der Waals surface area contributed by atoms with Crippen LogP contribution in [0.4, 0.5) is 0 Å². The molecule has 1 aliphatic heterocycles. The van der Waals surface area contributed by atoms with Crippen LogP contribution in [0.3, 0.4) is 0 Å². The lowest BCUT2D eigenvalue weighted by molar-refractivity contribution is 0.0725. The van der Waals surface area contributed by atoms with Gasteiger partial charge in [-0.1, -0.05) is 24.3 Å². The average Bonchev–Trinajstić information content (AvgIpc) is 2.46. The maximum Gasteiger partial charge on any atom is 0.342 e. The molecule has 1 aromatic carbocycles. The predicted octanol–water partition coefficient (Wildman–Crippen LogP) is -0.343. The van der Waals surface area contributed by atoms with Crippen LogP contribution in [0.2, 0.25) is 0 Å². The molecule has 20 heavy (non-hydrogen) atoms. The highest BCUT2D eigenvalue weighted by Gasteiger charge is 2.24.